The van der Waals surface area contributed by atoms with E-state index in [0.717, 1.165) is 18.0 Å². The molecule has 4 heterocycles. The summed E-state index contributed by atoms with van der Waals surface area (Å²) in [6, 6.07) is 0.509. The summed E-state index contributed by atoms with van der Waals surface area (Å²) in [6.07, 6.45) is -3.07. The van der Waals surface area contributed by atoms with Crippen molar-refractivity contribution < 1.29 is 22.8 Å². The van der Waals surface area contributed by atoms with Gasteiger partial charge in [-0.05, 0) is 18.2 Å². The van der Waals surface area contributed by atoms with Crippen molar-refractivity contribution in [2.75, 3.05) is 49.3 Å². The number of nitrogens with one attached hydrogen (secondary N) is 1. The number of urea groups is 1. The van der Waals surface area contributed by atoms with Crippen LogP contribution in [0.5, 0.6) is 0 Å². The number of halogens is 4. The van der Waals surface area contributed by atoms with E-state index in [9.17, 15) is 22.8 Å². The number of imide groups is 1. The standard InChI is InChI=1S/C17H19ClF3N5O2S/c18-12-7-11(17(19,20)21)8-22-13(12)25-4-2-24(3-5-25)10-26-14(27)16(23-15(26)28)1-6-29-9-16/h7-8H,1-6,9-10H2,(H,23,28). The Morgan fingerprint density at radius 3 is 2.55 bits per heavy atom. The first-order valence-electron chi connectivity index (χ1n) is 9.11. The van der Waals surface area contributed by atoms with Gasteiger partial charge in [-0.25, -0.2) is 14.7 Å². The summed E-state index contributed by atoms with van der Waals surface area (Å²) in [5.41, 5.74) is -1.65. The maximum absolute atomic E-state index is 12.8. The Hall–Kier alpha value is -1.72. The zero-order valence-electron chi connectivity index (χ0n) is 15.3. The molecule has 12 heteroatoms. The van der Waals surface area contributed by atoms with Gasteiger partial charge in [0, 0.05) is 38.1 Å². The molecule has 1 aromatic rings. The van der Waals surface area contributed by atoms with Crippen molar-refractivity contribution in [3.8, 4) is 0 Å². The zero-order chi connectivity index (χ0) is 20.8. The highest BCUT2D eigenvalue weighted by Crippen LogP contribution is 2.35. The Balaban J connectivity index is 1.37. The lowest BCUT2D eigenvalue weighted by atomic mass is 10.00. The van der Waals surface area contributed by atoms with E-state index in [1.165, 1.54) is 4.90 Å². The number of alkyl halides is 3. The van der Waals surface area contributed by atoms with Crippen molar-refractivity contribution in [1.82, 2.24) is 20.1 Å². The van der Waals surface area contributed by atoms with Gasteiger partial charge in [0.1, 0.15) is 11.4 Å². The molecule has 29 heavy (non-hydrogen) atoms. The number of carbonyl (C=O) groups excluding carboxylic acids is 2. The van der Waals surface area contributed by atoms with Crippen molar-refractivity contribution in [2.24, 2.45) is 0 Å². The van der Waals surface area contributed by atoms with Gasteiger partial charge >= 0.3 is 12.2 Å². The number of anilines is 1. The average Bonchev–Trinajstić information content (AvgIpc) is 3.22. The second-order valence-electron chi connectivity index (χ2n) is 7.32. The molecule has 4 rings (SSSR count). The molecule has 3 saturated heterocycles. The summed E-state index contributed by atoms with van der Waals surface area (Å²) in [5, 5.41) is 2.79. The quantitative estimate of drug-likeness (QED) is 0.714. The third-order valence-corrected chi connectivity index (χ3v) is 6.90. The van der Waals surface area contributed by atoms with Crippen LogP contribution in [-0.2, 0) is 11.0 Å². The molecule has 3 fully saturated rings. The molecule has 1 aromatic heterocycles. The van der Waals surface area contributed by atoms with Gasteiger partial charge in [0.05, 0.1) is 17.3 Å². The molecule has 7 nitrogen and oxygen atoms in total. The van der Waals surface area contributed by atoms with Crippen molar-refractivity contribution >= 4 is 41.1 Å². The fourth-order valence-electron chi connectivity index (χ4n) is 3.76. The fourth-order valence-corrected chi connectivity index (χ4v) is 5.37. The average molecular weight is 450 g/mol. The van der Waals surface area contributed by atoms with Crippen LogP contribution in [0.15, 0.2) is 12.3 Å². The minimum absolute atomic E-state index is 0.0527. The third-order valence-electron chi connectivity index (χ3n) is 5.43. The summed E-state index contributed by atoms with van der Waals surface area (Å²) in [6.45, 7) is 2.19. The molecule has 1 spiro atoms. The monoisotopic (exact) mass is 449 g/mol. The summed E-state index contributed by atoms with van der Waals surface area (Å²) in [4.78, 5) is 33.9. The smallest absolute Gasteiger partial charge is 0.353 e. The molecule has 0 bridgehead atoms. The number of hydrogen-bond acceptors (Lipinski definition) is 6. The van der Waals surface area contributed by atoms with E-state index in [1.807, 2.05) is 4.90 Å². The van der Waals surface area contributed by atoms with Gasteiger partial charge in [-0.1, -0.05) is 11.6 Å². The van der Waals surface area contributed by atoms with Gasteiger partial charge in [0.2, 0.25) is 0 Å². The highest BCUT2D eigenvalue weighted by atomic mass is 35.5. The normalized spacial score (nSPS) is 25.9. The third kappa shape index (κ3) is 3.87. The van der Waals surface area contributed by atoms with Crippen LogP contribution in [-0.4, -0.2) is 76.6 Å². The van der Waals surface area contributed by atoms with Gasteiger partial charge in [-0.15, -0.1) is 0 Å². The molecule has 0 radical (unpaired) electrons. The Labute approximate surface area is 174 Å². The number of aromatic nitrogens is 1. The second kappa shape index (κ2) is 7.51. The molecular formula is C17H19ClF3N5O2S. The molecule has 1 atom stereocenters. The maximum Gasteiger partial charge on any atom is 0.417 e. The number of thioether (sulfide) groups is 1. The van der Waals surface area contributed by atoms with Gasteiger partial charge in [-0.3, -0.25) is 9.69 Å². The van der Waals surface area contributed by atoms with Crippen LogP contribution in [0, 0.1) is 0 Å². The lowest BCUT2D eigenvalue weighted by molar-refractivity contribution is -0.137. The first-order chi connectivity index (χ1) is 13.7. The molecule has 0 saturated carbocycles. The molecular weight excluding hydrogens is 431 g/mol. The highest BCUT2D eigenvalue weighted by Gasteiger charge is 2.53. The van der Waals surface area contributed by atoms with E-state index in [0.29, 0.717) is 44.2 Å². The zero-order valence-corrected chi connectivity index (χ0v) is 16.9. The number of piperazine rings is 1. The second-order valence-corrected chi connectivity index (χ2v) is 8.83. The van der Waals surface area contributed by atoms with Gasteiger partial charge in [0.25, 0.3) is 5.91 Å². The molecule has 158 valence electrons. The predicted octanol–water partition coefficient (Wildman–Crippen LogP) is 2.26. The number of carbonyl (C=O) groups is 2. The summed E-state index contributed by atoms with van der Waals surface area (Å²) >= 11 is 7.68. The van der Waals surface area contributed by atoms with Crippen LogP contribution in [0.3, 0.4) is 0 Å². The highest BCUT2D eigenvalue weighted by molar-refractivity contribution is 7.99. The molecule has 0 aliphatic carbocycles. The molecule has 3 amide bonds. The van der Waals surface area contributed by atoms with Gasteiger partial charge in [-0.2, -0.15) is 24.9 Å². The lowest BCUT2D eigenvalue weighted by Crippen LogP contribution is -2.52. The fraction of sp³-hybridized carbons (Fsp3) is 0.588. The Kier molecular flexibility index (Phi) is 5.32. The van der Waals surface area contributed by atoms with E-state index >= 15 is 0 Å². The van der Waals surface area contributed by atoms with E-state index in [1.54, 1.807) is 16.7 Å². The SMILES string of the molecule is O=C1NC2(CCSC2)C(=O)N1CN1CCN(c2ncc(C(F)(F)F)cc2Cl)CC1. The van der Waals surface area contributed by atoms with E-state index in [-0.39, 0.29) is 23.6 Å². The largest absolute Gasteiger partial charge is 0.417 e. The van der Waals surface area contributed by atoms with E-state index < -0.39 is 17.3 Å². The number of hydrogen-bond donors (Lipinski definition) is 1. The van der Waals surface area contributed by atoms with Gasteiger partial charge < -0.3 is 10.2 Å². The first kappa shape index (κ1) is 20.5. The summed E-state index contributed by atoms with van der Waals surface area (Å²) < 4.78 is 38.3. The topological polar surface area (TPSA) is 68.8 Å². The predicted molar refractivity (Wildman–Crippen MR) is 103 cm³/mol. The van der Waals surface area contributed by atoms with Crippen LogP contribution in [0.1, 0.15) is 12.0 Å². The maximum atomic E-state index is 12.8. The van der Waals surface area contributed by atoms with Gasteiger partial charge in [0.15, 0.2) is 0 Å². The van der Waals surface area contributed by atoms with Crippen LogP contribution >= 0.6 is 23.4 Å². The number of pyridine rings is 1. The van der Waals surface area contributed by atoms with Crippen LogP contribution in [0.4, 0.5) is 23.8 Å². The Bertz CT molecular complexity index is 826. The van der Waals surface area contributed by atoms with Crippen molar-refractivity contribution in [3.63, 3.8) is 0 Å². The van der Waals surface area contributed by atoms with Crippen LogP contribution in [0.2, 0.25) is 5.02 Å². The first-order valence-corrected chi connectivity index (χ1v) is 10.6. The molecule has 0 aromatic carbocycles. The van der Waals surface area contributed by atoms with Crippen LogP contribution < -0.4 is 10.2 Å². The number of amides is 3. The van der Waals surface area contributed by atoms with Crippen molar-refractivity contribution in [1.29, 1.82) is 0 Å². The molecule has 1 N–H and O–H groups in total. The lowest BCUT2D eigenvalue weighted by Gasteiger charge is -2.37. The van der Waals surface area contributed by atoms with Crippen molar-refractivity contribution in [3.05, 3.63) is 22.8 Å². The Morgan fingerprint density at radius 1 is 1.24 bits per heavy atom. The molecule has 3 aliphatic rings. The van der Waals surface area contributed by atoms with Crippen molar-refractivity contribution in [2.45, 2.75) is 18.1 Å². The van der Waals surface area contributed by atoms with Crippen LogP contribution in [0.25, 0.3) is 0 Å². The van der Waals surface area contributed by atoms with E-state index in [2.05, 4.69) is 10.3 Å². The minimum atomic E-state index is -4.49. The Morgan fingerprint density at radius 2 is 1.97 bits per heavy atom. The summed E-state index contributed by atoms with van der Waals surface area (Å²) in [7, 11) is 0. The molecule has 3 aliphatic heterocycles. The number of nitrogens with zero attached hydrogens (tertiary/aromatic N) is 4. The summed E-state index contributed by atoms with van der Waals surface area (Å²) in [5.74, 6) is 1.57. The number of rotatable bonds is 3. The minimum Gasteiger partial charge on any atom is -0.353 e. The van der Waals surface area contributed by atoms with E-state index in [4.69, 9.17) is 11.6 Å². The molecule has 1 unspecified atom stereocenters.